The van der Waals surface area contributed by atoms with Gasteiger partial charge in [-0.2, -0.15) is 0 Å². The van der Waals surface area contributed by atoms with Gasteiger partial charge in [-0.15, -0.1) is 0 Å². The average Bonchev–Trinajstić information content (AvgIpc) is 2.37. The molecule has 1 saturated heterocycles. The van der Waals surface area contributed by atoms with Crippen LogP contribution in [0.15, 0.2) is 135 Å². The van der Waals surface area contributed by atoms with Gasteiger partial charge in [0.15, 0.2) is 5.82 Å². The number of hydrogen-bond acceptors (Lipinski definition) is 14. The van der Waals surface area contributed by atoms with E-state index < -0.39 is 44.2 Å². The molecule has 18 nitrogen and oxygen atoms in total. The molecule has 0 unspecified atom stereocenters. The van der Waals surface area contributed by atoms with Crippen LogP contribution in [0.5, 0.6) is 0 Å². The van der Waals surface area contributed by atoms with Crippen molar-refractivity contribution in [1.82, 2.24) is 49.7 Å². The normalized spacial score (nSPS) is 13.9. The van der Waals surface area contributed by atoms with E-state index in [1.54, 1.807) is 61.4 Å². The molecule has 0 saturated carbocycles. The minimum absolute atomic E-state index is 0. The van der Waals surface area contributed by atoms with Gasteiger partial charge in [-0.3, -0.25) is 28.5 Å². The zero-order valence-corrected chi connectivity index (χ0v) is 52.2. The number of anilines is 2. The Morgan fingerprint density at radius 2 is 1.00 bits per heavy atom. The molecule has 1 aliphatic heterocycles. The number of fused-ring (bicyclic) bond motifs is 6. The van der Waals surface area contributed by atoms with Gasteiger partial charge in [-0.05, 0) is 176 Å². The van der Waals surface area contributed by atoms with Crippen molar-refractivity contribution in [2.24, 2.45) is 0 Å². The first kappa shape index (κ1) is 63.9. The highest BCUT2D eigenvalue weighted by molar-refractivity contribution is 14.1. The van der Waals surface area contributed by atoms with Crippen LogP contribution in [0.2, 0.25) is 0 Å². The molecule has 446 valence electrons. The monoisotopic (exact) mass is 1310 g/mol. The van der Waals surface area contributed by atoms with Gasteiger partial charge in [-0.25, -0.2) is 35.6 Å². The third kappa shape index (κ3) is 14.6. The van der Waals surface area contributed by atoms with Crippen LogP contribution in [0.1, 0.15) is 48.0 Å². The summed E-state index contributed by atoms with van der Waals surface area (Å²) < 4.78 is 93.9. The highest BCUT2D eigenvalue weighted by Gasteiger charge is 2.51. The molecule has 0 amide bonds. The molecule has 8 aromatic heterocycles. The van der Waals surface area contributed by atoms with E-state index in [-0.39, 0.29) is 13.2 Å². The summed E-state index contributed by atoms with van der Waals surface area (Å²) in [4.78, 5) is 36.0. The molecule has 0 radical (unpaired) electrons. The van der Waals surface area contributed by atoms with Crippen molar-refractivity contribution in [3.8, 4) is 33.6 Å². The van der Waals surface area contributed by atoms with Crippen LogP contribution in [-0.4, -0.2) is 152 Å². The summed E-state index contributed by atoms with van der Waals surface area (Å²) >= 11 is 2.01. The summed E-state index contributed by atoms with van der Waals surface area (Å²) in [5.41, 5.74) is 8.38. The molecule has 0 atom stereocenters. The van der Waals surface area contributed by atoms with Crippen LogP contribution in [0.3, 0.4) is 0 Å². The zero-order chi connectivity index (χ0) is 60.3. The summed E-state index contributed by atoms with van der Waals surface area (Å²) in [5.74, 6) is -0.782. The first-order chi connectivity index (χ1) is 39.8. The first-order valence-corrected chi connectivity index (χ1v) is 31.8. The van der Waals surface area contributed by atoms with Gasteiger partial charge in [0.05, 0.1) is 85.9 Å². The zero-order valence-electron chi connectivity index (χ0n) is 48.4. The Morgan fingerprint density at radius 3 is 1.44 bits per heavy atom. The Bertz CT molecular complexity index is 4170. The first-order valence-electron chi connectivity index (χ1n) is 27.0. The van der Waals surface area contributed by atoms with Crippen molar-refractivity contribution in [1.29, 1.82) is 0 Å². The van der Waals surface area contributed by atoms with E-state index in [4.69, 9.17) is 9.31 Å². The maximum Gasteiger partial charge on any atom is 0.494 e. The van der Waals surface area contributed by atoms with Crippen molar-refractivity contribution < 1.29 is 34.9 Å². The Kier molecular flexibility index (Phi) is 19.8. The number of benzene rings is 2. The Morgan fingerprint density at radius 1 is 0.565 bits per heavy atom. The Labute approximate surface area is 509 Å². The van der Waals surface area contributed by atoms with Gasteiger partial charge >= 0.3 is 7.12 Å². The summed E-state index contributed by atoms with van der Waals surface area (Å²) in [6.07, 6.45) is 16.7. The second-order valence-corrected chi connectivity index (χ2v) is 26.9. The second-order valence-electron chi connectivity index (χ2n) is 22.0. The van der Waals surface area contributed by atoms with E-state index in [2.05, 4.69) is 39.9 Å². The SMILES string of the molecule is C.CN(C)CCCN(c1ccc(-c2c(F)cnc3[nH]c4cnc(-c5cccnc5)cc4c23)cc1)S(C)(=O)=O.CN(C)CCCN(c1ccc(B2OC(C)(C)C(C)(C)O2)cc1)S(C)(=O)=O.Fc1cnc2[nH]c3cnc(-c4cccnc4)cc3c2c1I. The van der Waals surface area contributed by atoms with Gasteiger partial charge in [0.2, 0.25) is 20.0 Å². The number of nitrogens with zero attached hydrogens (tertiary/aromatic N) is 10. The highest BCUT2D eigenvalue weighted by Crippen LogP contribution is 2.39. The van der Waals surface area contributed by atoms with Gasteiger partial charge < -0.3 is 29.1 Å². The van der Waals surface area contributed by atoms with E-state index in [1.807, 2.05) is 149 Å². The number of halogens is 3. The largest absolute Gasteiger partial charge is 0.494 e. The third-order valence-electron chi connectivity index (χ3n) is 14.7. The lowest BCUT2D eigenvalue weighted by atomic mass is 9.79. The van der Waals surface area contributed by atoms with Crippen LogP contribution in [-0.2, 0) is 29.4 Å². The Balaban J connectivity index is 0.000000172. The lowest BCUT2D eigenvalue weighted by Gasteiger charge is -2.32. The molecule has 24 heteroatoms. The lowest BCUT2D eigenvalue weighted by Crippen LogP contribution is -2.41. The predicted octanol–water partition coefficient (Wildman–Crippen LogP) is 11.0. The van der Waals surface area contributed by atoms with E-state index in [0.717, 1.165) is 69.0 Å². The molecule has 0 bridgehead atoms. The van der Waals surface area contributed by atoms with Gasteiger partial charge in [-0.1, -0.05) is 31.7 Å². The fraction of sp³-hybridized carbons (Fsp3) is 0.311. The van der Waals surface area contributed by atoms with Crippen molar-refractivity contribution in [2.75, 3.05) is 75.5 Å². The molecule has 10 aromatic rings. The van der Waals surface area contributed by atoms with Crippen molar-refractivity contribution >= 4 is 110 Å². The number of aromatic nitrogens is 8. The topological polar surface area (TPSA) is 209 Å². The minimum Gasteiger partial charge on any atom is -0.399 e. The fourth-order valence-electron chi connectivity index (χ4n) is 9.66. The quantitative estimate of drug-likeness (QED) is 0.0682. The number of rotatable bonds is 16. The maximum absolute atomic E-state index is 15.3. The Hall–Kier alpha value is -7.07. The second kappa shape index (κ2) is 26.3. The summed E-state index contributed by atoms with van der Waals surface area (Å²) in [6, 6.07) is 25.7. The number of H-pyrrole nitrogens is 2. The molecule has 0 spiro atoms. The average molecular weight is 1310 g/mol. The number of nitrogens with one attached hydrogen (secondary N) is 2. The molecule has 11 rings (SSSR count). The van der Waals surface area contributed by atoms with Gasteiger partial charge in [0.25, 0.3) is 0 Å². The summed E-state index contributed by atoms with van der Waals surface area (Å²) in [7, 11) is 0.594. The van der Waals surface area contributed by atoms with Gasteiger partial charge in [0.1, 0.15) is 17.1 Å². The number of aromatic amines is 2. The van der Waals surface area contributed by atoms with Crippen molar-refractivity contribution in [3.63, 3.8) is 0 Å². The predicted molar refractivity (Wildman–Crippen MR) is 347 cm³/mol. The fourth-order valence-corrected chi connectivity index (χ4v) is 12.3. The molecule has 85 heavy (non-hydrogen) atoms. The summed E-state index contributed by atoms with van der Waals surface area (Å²) in [6.45, 7) is 10.5. The molecule has 2 N–H and O–H groups in total. The van der Waals surface area contributed by atoms with E-state index in [9.17, 15) is 21.2 Å². The molecular formula is C61H70BF2IN12O6S2. The van der Waals surface area contributed by atoms with Crippen LogP contribution in [0.25, 0.3) is 77.5 Å². The molecule has 1 aliphatic rings. The van der Waals surface area contributed by atoms with Crippen LogP contribution in [0.4, 0.5) is 20.2 Å². The van der Waals surface area contributed by atoms with Gasteiger partial charge in [0, 0.05) is 76.1 Å². The molecule has 1 fully saturated rings. The molecule has 2 aromatic carbocycles. The standard InChI is InChI=1S/C27H27FN6O2S.C18H31BN2O4S.C15H8FIN4.CH4/c1-33(2)12-5-13-34(37(3,35)36)20-9-7-18(8-10-20)25-22(28)16-31-27-26(25)21-14-23(30-17-24(21)32-27)19-6-4-11-29-15-19;1-17(2)18(3,4)25-19(24-17)15-9-11-16(12-10-15)21(26(7,22)23)14-8-13-20(5)6;16-10-6-20-15-13(14(10)17)9-4-11(19-7-12(9)21-15)8-2-1-3-18-5-8;/h4,6-11,14-17H,5,12-13H2,1-3H3,(H,31,32);9-12H,8,13-14H2,1-7H3;1-7H,(H,20,21);1H4. The minimum atomic E-state index is -3.47. The third-order valence-corrected chi connectivity index (χ3v) is 18.1. The van der Waals surface area contributed by atoms with E-state index >= 15 is 4.39 Å². The van der Waals surface area contributed by atoms with Crippen molar-refractivity contribution in [3.05, 3.63) is 150 Å². The number of sulfonamides is 2. The maximum atomic E-state index is 15.3. The summed E-state index contributed by atoms with van der Waals surface area (Å²) in [5, 5.41) is 3.13. The van der Waals surface area contributed by atoms with Crippen molar-refractivity contribution in [2.45, 2.75) is 59.2 Å². The van der Waals surface area contributed by atoms with Crippen LogP contribution >= 0.6 is 22.6 Å². The molecular weight excluding hydrogens is 1240 g/mol. The number of hydrogen-bond donors (Lipinski definition) is 2. The van der Waals surface area contributed by atoms with E-state index in [1.165, 1.54) is 33.5 Å². The smallest absolute Gasteiger partial charge is 0.399 e. The highest BCUT2D eigenvalue weighted by atomic mass is 127. The molecule has 0 aliphatic carbocycles. The van der Waals surface area contributed by atoms with E-state index in [0.29, 0.717) is 68.0 Å². The lowest BCUT2D eigenvalue weighted by molar-refractivity contribution is 0.00578. The molecule has 9 heterocycles. The van der Waals surface area contributed by atoms with Crippen LogP contribution < -0.4 is 14.1 Å². The van der Waals surface area contributed by atoms with Crippen LogP contribution in [0, 0.1) is 15.2 Å². The number of pyridine rings is 6.